The van der Waals surface area contributed by atoms with Crippen LogP contribution in [0.4, 0.5) is 0 Å². The van der Waals surface area contributed by atoms with Crippen LogP contribution in [0.2, 0.25) is 0 Å². The Morgan fingerprint density at radius 2 is 1.76 bits per heavy atom. The van der Waals surface area contributed by atoms with Gasteiger partial charge in [-0.2, -0.15) is 0 Å². The average molecular weight is 235 g/mol. The van der Waals surface area contributed by atoms with Gasteiger partial charge in [0.15, 0.2) is 0 Å². The van der Waals surface area contributed by atoms with Gasteiger partial charge < -0.3 is 14.8 Å². The van der Waals surface area contributed by atoms with E-state index in [-0.39, 0.29) is 0 Å². The molecule has 0 saturated carbocycles. The molecule has 1 aliphatic carbocycles. The Morgan fingerprint density at radius 1 is 1.18 bits per heavy atom. The Balaban J connectivity index is 2.06. The Kier molecular flexibility index (Phi) is 3.93. The fraction of sp³-hybridized carbons (Fsp3) is 0.500. The van der Waals surface area contributed by atoms with E-state index in [0.717, 1.165) is 18.4 Å². The number of nitrogens with one attached hydrogen (secondary N) is 1. The minimum atomic E-state index is 0.490. The van der Waals surface area contributed by atoms with E-state index < -0.39 is 0 Å². The second kappa shape index (κ2) is 5.63. The first kappa shape index (κ1) is 11.9. The molecule has 0 saturated heterocycles. The van der Waals surface area contributed by atoms with Crippen LogP contribution in [0.5, 0.6) is 11.8 Å². The zero-order chi connectivity index (χ0) is 12.1. The molecule has 0 aromatic carbocycles. The summed E-state index contributed by atoms with van der Waals surface area (Å²) in [6.07, 6.45) is 7.95. The van der Waals surface area contributed by atoms with Crippen LogP contribution in [0.3, 0.4) is 0 Å². The van der Waals surface area contributed by atoms with Crippen LogP contribution in [-0.2, 0) is 6.54 Å². The molecule has 5 heteroatoms. The normalized spacial score (nSPS) is 15.2. The molecular weight excluding hydrogens is 218 g/mol. The van der Waals surface area contributed by atoms with Gasteiger partial charge in [-0.25, -0.2) is 9.97 Å². The standard InChI is InChI=1S/C12H17N3O2/c1-16-11-10(12(17-2)15-8-14-11)7-13-9-5-3-4-6-9/h3-4,8-9,13H,5-7H2,1-2H3. The Bertz CT molecular complexity index is 376. The molecule has 0 aliphatic heterocycles. The molecule has 0 radical (unpaired) electrons. The summed E-state index contributed by atoms with van der Waals surface area (Å²) in [5.74, 6) is 1.13. The van der Waals surface area contributed by atoms with Crippen LogP contribution in [0, 0.1) is 0 Å². The van der Waals surface area contributed by atoms with Crippen molar-refractivity contribution in [2.45, 2.75) is 25.4 Å². The van der Waals surface area contributed by atoms with Crippen molar-refractivity contribution in [2.24, 2.45) is 0 Å². The van der Waals surface area contributed by atoms with Crippen molar-refractivity contribution in [1.82, 2.24) is 15.3 Å². The molecule has 92 valence electrons. The molecule has 5 nitrogen and oxygen atoms in total. The summed E-state index contributed by atoms with van der Waals surface area (Å²) in [6.45, 7) is 0.652. The molecule has 17 heavy (non-hydrogen) atoms. The summed E-state index contributed by atoms with van der Waals surface area (Å²) < 4.78 is 10.4. The summed E-state index contributed by atoms with van der Waals surface area (Å²) in [5, 5.41) is 3.44. The Hall–Kier alpha value is -1.62. The third kappa shape index (κ3) is 2.74. The minimum absolute atomic E-state index is 0.490. The van der Waals surface area contributed by atoms with Gasteiger partial charge in [0.05, 0.1) is 19.8 Å². The van der Waals surface area contributed by atoms with Crippen molar-refractivity contribution in [3.05, 3.63) is 24.0 Å². The second-order valence-electron chi connectivity index (χ2n) is 3.89. The van der Waals surface area contributed by atoms with Crippen molar-refractivity contribution in [3.63, 3.8) is 0 Å². The third-order valence-electron chi connectivity index (χ3n) is 2.83. The summed E-state index contributed by atoms with van der Waals surface area (Å²) in [4.78, 5) is 8.16. The number of hydrogen-bond acceptors (Lipinski definition) is 5. The summed E-state index contributed by atoms with van der Waals surface area (Å²) in [7, 11) is 3.20. The molecule has 2 rings (SSSR count). The Labute approximate surface area is 101 Å². The van der Waals surface area contributed by atoms with Crippen LogP contribution in [0.1, 0.15) is 18.4 Å². The monoisotopic (exact) mass is 235 g/mol. The SMILES string of the molecule is COc1ncnc(OC)c1CNC1CC=CC1. The molecular formula is C12H17N3O2. The molecule has 1 aromatic rings. The van der Waals surface area contributed by atoms with Gasteiger partial charge in [-0.1, -0.05) is 12.2 Å². The van der Waals surface area contributed by atoms with E-state index in [0.29, 0.717) is 24.3 Å². The number of hydrogen-bond donors (Lipinski definition) is 1. The van der Waals surface area contributed by atoms with E-state index in [9.17, 15) is 0 Å². The first-order valence-electron chi connectivity index (χ1n) is 5.65. The van der Waals surface area contributed by atoms with Crippen molar-refractivity contribution < 1.29 is 9.47 Å². The summed E-state index contributed by atoms with van der Waals surface area (Å²) in [5.41, 5.74) is 0.865. The predicted molar refractivity (Wildman–Crippen MR) is 64.1 cm³/mol. The number of aromatic nitrogens is 2. The topological polar surface area (TPSA) is 56.3 Å². The largest absolute Gasteiger partial charge is 0.481 e. The van der Waals surface area contributed by atoms with Crippen LogP contribution < -0.4 is 14.8 Å². The van der Waals surface area contributed by atoms with Crippen LogP contribution in [0.25, 0.3) is 0 Å². The first-order valence-corrected chi connectivity index (χ1v) is 5.65. The van der Waals surface area contributed by atoms with Gasteiger partial charge >= 0.3 is 0 Å². The lowest BCUT2D eigenvalue weighted by Gasteiger charge is -2.15. The molecule has 1 heterocycles. The number of ether oxygens (including phenoxy) is 2. The molecule has 0 atom stereocenters. The number of rotatable bonds is 5. The van der Waals surface area contributed by atoms with Gasteiger partial charge in [0.25, 0.3) is 0 Å². The van der Waals surface area contributed by atoms with E-state index in [1.54, 1.807) is 14.2 Å². The third-order valence-corrected chi connectivity index (χ3v) is 2.83. The van der Waals surface area contributed by atoms with Gasteiger partial charge in [0.1, 0.15) is 6.33 Å². The van der Waals surface area contributed by atoms with Gasteiger partial charge in [0, 0.05) is 12.6 Å². The van der Waals surface area contributed by atoms with Gasteiger partial charge in [0.2, 0.25) is 11.8 Å². The van der Waals surface area contributed by atoms with Crippen molar-refractivity contribution >= 4 is 0 Å². The van der Waals surface area contributed by atoms with E-state index >= 15 is 0 Å². The maximum absolute atomic E-state index is 5.22. The lowest BCUT2D eigenvalue weighted by atomic mass is 10.2. The number of methoxy groups -OCH3 is 2. The van der Waals surface area contributed by atoms with Crippen LogP contribution in [0.15, 0.2) is 18.5 Å². The molecule has 0 spiro atoms. The van der Waals surface area contributed by atoms with E-state index in [2.05, 4.69) is 27.4 Å². The average Bonchev–Trinajstić information content (AvgIpc) is 2.88. The maximum atomic E-state index is 5.22. The van der Waals surface area contributed by atoms with E-state index in [1.807, 2.05) is 0 Å². The predicted octanol–water partition coefficient (Wildman–Crippen LogP) is 1.30. The van der Waals surface area contributed by atoms with Gasteiger partial charge in [-0.15, -0.1) is 0 Å². The van der Waals surface area contributed by atoms with Crippen molar-refractivity contribution in [3.8, 4) is 11.8 Å². The highest BCUT2D eigenvalue weighted by Crippen LogP contribution is 2.23. The van der Waals surface area contributed by atoms with E-state index in [1.165, 1.54) is 6.33 Å². The molecule has 1 aliphatic rings. The second-order valence-corrected chi connectivity index (χ2v) is 3.89. The summed E-state index contributed by atoms with van der Waals surface area (Å²) >= 11 is 0. The maximum Gasteiger partial charge on any atom is 0.224 e. The highest BCUT2D eigenvalue weighted by Gasteiger charge is 2.15. The minimum Gasteiger partial charge on any atom is -0.481 e. The molecule has 0 fully saturated rings. The summed E-state index contributed by atoms with van der Waals surface area (Å²) in [6, 6.07) is 0.490. The quantitative estimate of drug-likeness (QED) is 0.780. The zero-order valence-corrected chi connectivity index (χ0v) is 10.1. The molecule has 1 N–H and O–H groups in total. The molecule has 0 bridgehead atoms. The van der Waals surface area contributed by atoms with Crippen LogP contribution >= 0.6 is 0 Å². The van der Waals surface area contributed by atoms with Gasteiger partial charge in [-0.3, -0.25) is 0 Å². The number of nitrogens with zero attached hydrogens (tertiary/aromatic N) is 2. The zero-order valence-electron chi connectivity index (χ0n) is 10.1. The van der Waals surface area contributed by atoms with Crippen molar-refractivity contribution in [2.75, 3.05) is 14.2 Å². The fourth-order valence-electron chi connectivity index (χ4n) is 1.91. The highest BCUT2D eigenvalue weighted by molar-refractivity contribution is 5.34. The van der Waals surface area contributed by atoms with E-state index in [4.69, 9.17) is 9.47 Å². The molecule has 0 amide bonds. The smallest absolute Gasteiger partial charge is 0.224 e. The Morgan fingerprint density at radius 3 is 2.29 bits per heavy atom. The fourth-order valence-corrected chi connectivity index (χ4v) is 1.91. The first-order chi connectivity index (χ1) is 8.35. The van der Waals surface area contributed by atoms with Crippen LogP contribution in [-0.4, -0.2) is 30.2 Å². The van der Waals surface area contributed by atoms with Gasteiger partial charge in [-0.05, 0) is 12.8 Å². The molecule has 0 unspecified atom stereocenters. The van der Waals surface area contributed by atoms with Crippen molar-refractivity contribution in [1.29, 1.82) is 0 Å². The lowest BCUT2D eigenvalue weighted by molar-refractivity contribution is 0.357. The molecule has 1 aromatic heterocycles. The highest BCUT2D eigenvalue weighted by atomic mass is 16.5. The lowest BCUT2D eigenvalue weighted by Crippen LogP contribution is -2.26.